The summed E-state index contributed by atoms with van der Waals surface area (Å²) >= 11 is 1.17. The van der Waals surface area contributed by atoms with E-state index in [4.69, 9.17) is 9.47 Å². The van der Waals surface area contributed by atoms with Crippen LogP contribution in [0.4, 0.5) is 11.4 Å². The number of imide groups is 1. The molecule has 9 heteroatoms. The van der Waals surface area contributed by atoms with Crippen molar-refractivity contribution in [2.24, 2.45) is 0 Å². The molecule has 0 saturated carbocycles. The van der Waals surface area contributed by atoms with Gasteiger partial charge < -0.3 is 14.8 Å². The van der Waals surface area contributed by atoms with E-state index in [0.717, 1.165) is 28.2 Å². The van der Waals surface area contributed by atoms with Crippen LogP contribution in [0.25, 0.3) is 0 Å². The maximum absolute atomic E-state index is 13.6. The van der Waals surface area contributed by atoms with Gasteiger partial charge in [0.2, 0.25) is 0 Å². The van der Waals surface area contributed by atoms with E-state index in [9.17, 15) is 19.2 Å². The zero-order chi connectivity index (χ0) is 27.9. The summed E-state index contributed by atoms with van der Waals surface area (Å²) in [5, 5.41) is 3.05. The third-order valence-electron chi connectivity index (χ3n) is 5.93. The number of methoxy groups -OCH3 is 1. The molecule has 0 aromatic heterocycles. The smallest absolute Gasteiger partial charge is 0.338 e. The standard InChI is InChI=1S/C30H28N2O6S/c1-4-5-17-38-30(36)20-11-13-23(14-12-20)32-27(33)25(31-22-8-6-7-21(18-22)29(35)37-3)26(28(32)34)39-24-15-9-19(2)10-16-24/h6-16,18,31H,4-5,17H2,1-3H3. The Balaban J connectivity index is 1.65. The first kappa shape index (κ1) is 27.7. The van der Waals surface area contributed by atoms with Gasteiger partial charge in [-0.15, -0.1) is 0 Å². The highest BCUT2D eigenvalue weighted by molar-refractivity contribution is 8.04. The van der Waals surface area contributed by atoms with Crippen molar-refractivity contribution >= 4 is 46.9 Å². The van der Waals surface area contributed by atoms with E-state index in [1.165, 1.54) is 31.0 Å². The SMILES string of the molecule is CCCCOC(=O)c1ccc(N2C(=O)C(Nc3cccc(C(=O)OC)c3)=C(Sc3ccc(C)cc3)C2=O)cc1. The molecule has 39 heavy (non-hydrogen) atoms. The Labute approximate surface area is 231 Å². The first-order valence-corrected chi connectivity index (χ1v) is 13.2. The predicted octanol–water partition coefficient (Wildman–Crippen LogP) is 5.73. The van der Waals surface area contributed by atoms with Gasteiger partial charge in [-0.3, -0.25) is 9.59 Å². The molecule has 0 bridgehead atoms. The summed E-state index contributed by atoms with van der Waals surface area (Å²) in [6, 6.07) is 20.2. The molecule has 0 fully saturated rings. The summed E-state index contributed by atoms with van der Waals surface area (Å²) in [5.41, 5.74) is 2.53. The summed E-state index contributed by atoms with van der Waals surface area (Å²) in [5.74, 6) is -2.05. The summed E-state index contributed by atoms with van der Waals surface area (Å²) in [7, 11) is 1.29. The third-order valence-corrected chi connectivity index (χ3v) is 7.02. The minimum atomic E-state index is -0.559. The molecule has 1 aliphatic rings. The number of ether oxygens (including phenoxy) is 2. The fraction of sp³-hybridized carbons (Fsp3) is 0.200. The van der Waals surface area contributed by atoms with Crippen LogP contribution in [0.3, 0.4) is 0 Å². The van der Waals surface area contributed by atoms with Crippen molar-refractivity contribution in [2.45, 2.75) is 31.6 Å². The summed E-state index contributed by atoms with van der Waals surface area (Å²) in [6.07, 6.45) is 1.68. The van der Waals surface area contributed by atoms with Crippen molar-refractivity contribution in [2.75, 3.05) is 23.9 Å². The van der Waals surface area contributed by atoms with Crippen molar-refractivity contribution in [3.05, 3.63) is 100 Å². The fourth-order valence-electron chi connectivity index (χ4n) is 3.80. The van der Waals surface area contributed by atoms with Gasteiger partial charge in [-0.2, -0.15) is 0 Å². The zero-order valence-corrected chi connectivity index (χ0v) is 22.7. The van der Waals surface area contributed by atoms with Gasteiger partial charge in [-0.1, -0.05) is 48.9 Å². The number of rotatable bonds is 10. The Morgan fingerprint density at radius 3 is 2.28 bits per heavy atom. The van der Waals surface area contributed by atoms with Crippen LogP contribution < -0.4 is 10.2 Å². The summed E-state index contributed by atoms with van der Waals surface area (Å²) < 4.78 is 10.0. The van der Waals surface area contributed by atoms with Crippen molar-refractivity contribution in [1.82, 2.24) is 0 Å². The van der Waals surface area contributed by atoms with E-state index in [2.05, 4.69) is 5.32 Å². The average Bonchev–Trinajstić information content (AvgIpc) is 3.17. The lowest BCUT2D eigenvalue weighted by atomic mass is 10.2. The minimum Gasteiger partial charge on any atom is -0.465 e. The van der Waals surface area contributed by atoms with Crippen molar-refractivity contribution in [3.8, 4) is 0 Å². The number of hydrogen-bond donors (Lipinski definition) is 1. The molecule has 3 aromatic rings. The highest BCUT2D eigenvalue weighted by Crippen LogP contribution is 2.38. The topological polar surface area (TPSA) is 102 Å². The van der Waals surface area contributed by atoms with E-state index in [-0.39, 0.29) is 10.6 Å². The van der Waals surface area contributed by atoms with Gasteiger partial charge in [0, 0.05) is 10.6 Å². The van der Waals surface area contributed by atoms with E-state index in [1.54, 1.807) is 36.4 Å². The number of thioether (sulfide) groups is 1. The Kier molecular flexibility index (Phi) is 8.83. The second-order valence-corrected chi connectivity index (χ2v) is 9.88. The van der Waals surface area contributed by atoms with Crippen LogP contribution in [0.15, 0.2) is 88.3 Å². The molecule has 8 nitrogen and oxygen atoms in total. The Morgan fingerprint density at radius 1 is 0.897 bits per heavy atom. The molecular formula is C30H28N2O6S. The zero-order valence-electron chi connectivity index (χ0n) is 21.9. The van der Waals surface area contributed by atoms with Crippen LogP contribution in [0.5, 0.6) is 0 Å². The molecular weight excluding hydrogens is 516 g/mol. The lowest BCUT2D eigenvalue weighted by molar-refractivity contribution is -0.120. The number of hydrogen-bond acceptors (Lipinski definition) is 8. The molecule has 2 amide bonds. The second-order valence-electron chi connectivity index (χ2n) is 8.80. The first-order chi connectivity index (χ1) is 18.8. The maximum Gasteiger partial charge on any atom is 0.338 e. The van der Waals surface area contributed by atoms with Gasteiger partial charge in [-0.05, 0) is 67.9 Å². The molecule has 0 spiro atoms. The van der Waals surface area contributed by atoms with Gasteiger partial charge in [0.25, 0.3) is 11.8 Å². The molecule has 1 N–H and O–H groups in total. The lowest BCUT2D eigenvalue weighted by Gasteiger charge is -2.16. The van der Waals surface area contributed by atoms with Gasteiger partial charge >= 0.3 is 11.9 Å². The van der Waals surface area contributed by atoms with Crippen LogP contribution in [-0.2, 0) is 19.1 Å². The number of benzene rings is 3. The summed E-state index contributed by atoms with van der Waals surface area (Å²) in [4.78, 5) is 53.6. The Bertz CT molecular complexity index is 1430. The highest BCUT2D eigenvalue weighted by Gasteiger charge is 2.40. The van der Waals surface area contributed by atoms with Crippen LogP contribution in [0.1, 0.15) is 46.0 Å². The molecule has 0 radical (unpaired) electrons. The predicted molar refractivity (Wildman–Crippen MR) is 150 cm³/mol. The van der Waals surface area contributed by atoms with Crippen molar-refractivity contribution in [3.63, 3.8) is 0 Å². The monoisotopic (exact) mass is 544 g/mol. The minimum absolute atomic E-state index is 0.0793. The number of carbonyl (C=O) groups is 4. The third kappa shape index (κ3) is 6.38. The number of unbranched alkanes of at least 4 members (excludes halogenated alkanes) is 1. The quantitative estimate of drug-likeness (QED) is 0.196. The molecule has 1 aliphatic heterocycles. The molecule has 3 aromatic carbocycles. The van der Waals surface area contributed by atoms with Gasteiger partial charge in [-0.25, -0.2) is 14.5 Å². The molecule has 0 aliphatic carbocycles. The second kappa shape index (κ2) is 12.4. The van der Waals surface area contributed by atoms with Crippen molar-refractivity contribution < 1.29 is 28.7 Å². The van der Waals surface area contributed by atoms with E-state index < -0.39 is 23.8 Å². The number of amides is 2. The van der Waals surface area contributed by atoms with Crippen LogP contribution in [0.2, 0.25) is 0 Å². The Hall–Kier alpha value is -4.37. The van der Waals surface area contributed by atoms with Crippen LogP contribution >= 0.6 is 11.8 Å². The van der Waals surface area contributed by atoms with Gasteiger partial charge in [0.05, 0.1) is 30.5 Å². The largest absolute Gasteiger partial charge is 0.465 e. The van der Waals surface area contributed by atoms with Crippen LogP contribution in [0, 0.1) is 6.92 Å². The van der Waals surface area contributed by atoms with E-state index >= 15 is 0 Å². The molecule has 0 saturated heterocycles. The molecule has 200 valence electrons. The molecule has 0 unspecified atom stereocenters. The molecule has 0 atom stereocenters. The number of carbonyl (C=O) groups excluding carboxylic acids is 4. The van der Waals surface area contributed by atoms with Crippen LogP contribution in [-0.4, -0.2) is 37.5 Å². The van der Waals surface area contributed by atoms with Gasteiger partial charge in [0.1, 0.15) is 10.6 Å². The molecule has 1 heterocycles. The number of aryl methyl sites for hydroxylation is 1. The fourth-order valence-corrected chi connectivity index (χ4v) is 4.73. The summed E-state index contributed by atoms with van der Waals surface area (Å²) in [6.45, 7) is 4.30. The molecule has 4 rings (SSSR count). The normalized spacial score (nSPS) is 13.1. The highest BCUT2D eigenvalue weighted by atomic mass is 32.2. The number of nitrogens with one attached hydrogen (secondary N) is 1. The number of nitrogens with zero attached hydrogens (tertiary/aromatic N) is 1. The first-order valence-electron chi connectivity index (χ1n) is 12.4. The van der Waals surface area contributed by atoms with Crippen molar-refractivity contribution in [1.29, 1.82) is 0 Å². The number of esters is 2. The van der Waals surface area contributed by atoms with Gasteiger partial charge in [0.15, 0.2) is 0 Å². The Morgan fingerprint density at radius 2 is 1.62 bits per heavy atom. The lowest BCUT2D eigenvalue weighted by Crippen LogP contribution is -2.32. The van der Waals surface area contributed by atoms with E-state index in [0.29, 0.717) is 29.1 Å². The number of anilines is 2. The average molecular weight is 545 g/mol. The van der Waals surface area contributed by atoms with E-state index in [1.807, 2.05) is 38.1 Å². The maximum atomic E-state index is 13.6.